The van der Waals surface area contributed by atoms with Crippen molar-refractivity contribution in [3.05, 3.63) is 17.5 Å². The number of hydrogen-bond donors (Lipinski definition) is 1. The first kappa shape index (κ1) is 12.2. The fraction of sp³-hybridized carbons (Fsp3) is 0.750. The van der Waals surface area contributed by atoms with Crippen LogP contribution in [-0.4, -0.2) is 15.8 Å². The number of nitrogens with two attached hydrogens (primary N) is 1. The lowest BCUT2D eigenvalue weighted by molar-refractivity contribution is 0.431. The molecule has 0 radical (unpaired) electrons. The molecule has 0 fully saturated rings. The second-order valence-electron chi connectivity index (χ2n) is 4.36. The minimum atomic E-state index is 0.296. The number of aryl methyl sites for hydroxylation is 2. The first-order valence-corrected chi connectivity index (χ1v) is 5.85. The summed E-state index contributed by atoms with van der Waals surface area (Å²) in [4.78, 5) is 0. The molecule has 1 aromatic heterocycles. The molecule has 3 heteroatoms. The summed E-state index contributed by atoms with van der Waals surface area (Å²) in [6.07, 6.45) is 3.07. The molecule has 1 heterocycles. The molecule has 1 aromatic rings. The van der Waals surface area contributed by atoms with Crippen LogP contribution in [0, 0.1) is 5.92 Å². The fourth-order valence-electron chi connectivity index (χ4n) is 1.82. The Hall–Kier alpha value is -0.830. The highest BCUT2D eigenvalue weighted by Crippen LogP contribution is 2.13. The van der Waals surface area contributed by atoms with Crippen molar-refractivity contribution in [2.75, 3.05) is 0 Å². The highest BCUT2D eigenvalue weighted by molar-refractivity contribution is 5.11. The van der Waals surface area contributed by atoms with Gasteiger partial charge in [0.05, 0.1) is 5.69 Å². The molecule has 15 heavy (non-hydrogen) atoms. The van der Waals surface area contributed by atoms with Crippen LogP contribution in [0.5, 0.6) is 0 Å². The normalized spacial score (nSPS) is 15.3. The van der Waals surface area contributed by atoms with E-state index in [1.165, 1.54) is 11.4 Å². The Balaban J connectivity index is 2.67. The predicted molar refractivity (Wildman–Crippen MR) is 63.7 cm³/mol. The maximum atomic E-state index is 6.02. The minimum absolute atomic E-state index is 0.296. The van der Waals surface area contributed by atoms with Gasteiger partial charge in [0.2, 0.25) is 0 Å². The second kappa shape index (κ2) is 5.31. The van der Waals surface area contributed by atoms with E-state index in [1.807, 2.05) is 11.7 Å². The predicted octanol–water partition coefficient (Wildman–Crippen LogP) is 1.90. The summed E-state index contributed by atoms with van der Waals surface area (Å²) >= 11 is 0. The largest absolute Gasteiger partial charge is 0.327 e. The van der Waals surface area contributed by atoms with Crippen molar-refractivity contribution in [1.82, 2.24) is 9.78 Å². The number of nitrogens with zero attached hydrogens (tertiary/aromatic N) is 2. The number of aromatic nitrogens is 2. The monoisotopic (exact) mass is 209 g/mol. The summed E-state index contributed by atoms with van der Waals surface area (Å²) in [6.45, 7) is 6.49. The summed E-state index contributed by atoms with van der Waals surface area (Å²) in [6, 6.07) is 2.49. The molecule has 0 aromatic carbocycles. The Morgan fingerprint density at radius 2 is 2.13 bits per heavy atom. The van der Waals surface area contributed by atoms with Gasteiger partial charge in [-0.25, -0.2) is 0 Å². The van der Waals surface area contributed by atoms with Gasteiger partial charge in [0.1, 0.15) is 0 Å². The van der Waals surface area contributed by atoms with Crippen molar-refractivity contribution >= 4 is 0 Å². The second-order valence-corrected chi connectivity index (χ2v) is 4.36. The van der Waals surface area contributed by atoms with Crippen molar-refractivity contribution in [2.45, 2.75) is 46.1 Å². The number of hydrogen-bond acceptors (Lipinski definition) is 2. The van der Waals surface area contributed by atoms with E-state index in [0.29, 0.717) is 12.0 Å². The van der Waals surface area contributed by atoms with Gasteiger partial charge in [0.25, 0.3) is 0 Å². The third kappa shape index (κ3) is 3.06. The van der Waals surface area contributed by atoms with Crippen LogP contribution in [0.3, 0.4) is 0 Å². The average molecular weight is 209 g/mol. The SMILES string of the molecule is CCc1cc(CC(C)C(N)CC)n(C)n1. The zero-order valence-corrected chi connectivity index (χ0v) is 10.3. The van der Waals surface area contributed by atoms with Gasteiger partial charge in [0.15, 0.2) is 0 Å². The Bertz CT molecular complexity index is 304. The van der Waals surface area contributed by atoms with Gasteiger partial charge in [-0.1, -0.05) is 20.8 Å². The van der Waals surface area contributed by atoms with Gasteiger partial charge in [-0.05, 0) is 31.2 Å². The van der Waals surface area contributed by atoms with E-state index in [1.54, 1.807) is 0 Å². The zero-order chi connectivity index (χ0) is 11.4. The summed E-state index contributed by atoms with van der Waals surface area (Å²) in [5.74, 6) is 0.523. The first-order valence-electron chi connectivity index (χ1n) is 5.85. The van der Waals surface area contributed by atoms with Crippen LogP contribution in [0.1, 0.15) is 38.6 Å². The van der Waals surface area contributed by atoms with Crippen LogP contribution < -0.4 is 5.73 Å². The molecule has 2 N–H and O–H groups in total. The quantitative estimate of drug-likeness (QED) is 0.805. The van der Waals surface area contributed by atoms with Crippen molar-refractivity contribution in [3.8, 4) is 0 Å². The molecular weight excluding hydrogens is 186 g/mol. The third-order valence-electron chi connectivity index (χ3n) is 3.12. The van der Waals surface area contributed by atoms with Crippen LogP contribution in [0.25, 0.3) is 0 Å². The molecule has 0 saturated heterocycles. The Kier molecular flexibility index (Phi) is 4.33. The molecular formula is C12H23N3. The molecule has 0 spiro atoms. The lowest BCUT2D eigenvalue weighted by Crippen LogP contribution is -2.29. The Labute approximate surface area is 92.7 Å². The van der Waals surface area contributed by atoms with E-state index >= 15 is 0 Å². The smallest absolute Gasteiger partial charge is 0.0624 e. The number of rotatable bonds is 5. The maximum absolute atomic E-state index is 6.02. The molecule has 3 nitrogen and oxygen atoms in total. The van der Waals surface area contributed by atoms with Gasteiger partial charge in [-0.2, -0.15) is 5.10 Å². The fourth-order valence-corrected chi connectivity index (χ4v) is 1.82. The lowest BCUT2D eigenvalue weighted by Gasteiger charge is -2.17. The summed E-state index contributed by atoms with van der Waals surface area (Å²) < 4.78 is 1.98. The molecule has 0 aliphatic carbocycles. The molecule has 2 unspecified atom stereocenters. The van der Waals surface area contributed by atoms with Gasteiger partial charge in [-0.15, -0.1) is 0 Å². The first-order chi connectivity index (χ1) is 7.08. The van der Waals surface area contributed by atoms with E-state index in [-0.39, 0.29) is 0 Å². The van der Waals surface area contributed by atoms with E-state index in [0.717, 1.165) is 19.3 Å². The highest BCUT2D eigenvalue weighted by atomic mass is 15.3. The minimum Gasteiger partial charge on any atom is -0.327 e. The third-order valence-corrected chi connectivity index (χ3v) is 3.12. The standard InChI is InChI=1S/C12H23N3/c1-5-10-8-11(15(4)14-10)7-9(3)12(13)6-2/h8-9,12H,5-7,13H2,1-4H3. The summed E-state index contributed by atoms with van der Waals surface area (Å²) in [7, 11) is 2.01. The zero-order valence-electron chi connectivity index (χ0n) is 10.3. The molecule has 0 amide bonds. The van der Waals surface area contributed by atoms with Crippen molar-refractivity contribution < 1.29 is 0 Å². The van der Waals surface area contributed by atoms with E-state index in [9.17, 15) is 0 Å². The van der Waals surface area contributed by atoms with Gasteiger partial charge < -0.3 is 5.73 Å². The van der Waals surface area contributed by atoms with Gasteiger partial charge in [0, 0.05) is 18.8 Å². The lowest BCUT2D eigenvalue weighted by atomic mass is 9.95. The Morgan fingerprint density at radius 1 is 1.47 bits per heavy atom. The van der Waals surface area contributed by atoms with Crippen molar-refractivity contribution in [2.24, 2.45) is 18.7 Å². The van der Waals surface area contributed by atoms with Crippen LogP contribution in [0.2, 0.25) is 0 Å². The van der Waals surface area contributed by atoms with Crippen LogP contribution in [0.4, 0.5) is 0 Å². The van der Waals surface area contributed by atoms with Crippen molar-refractivity contribution in [1.29, 1.82) is 0 Å². The summed E-state index contributed by atoms with van der Waals surface area (Å²) in [5, 5.41) is 4.44. The van der Waals surface area contributed by atoms with Crippen LogP contribution in [0.15, 0.2) is 6.07 Å². The van der Waals surface area contributed by atoms with Crippen molar-refractivity contribution in [3.63, 3.8) is 0 Å². The highest BCUT2D eigenvalue weighted by Gasteiger charge is 2.14. The average Bonchev–Trinajstić information content (AvgIpc) is 2.58. The topological polar surface area (TPSA) is 43.8 Å². The van der Waals surface area contributed by atoms with E-state index in [4.69, 9.17) is 5.73 Å². The molecule has 0 bridgehead atoms. The molecule has 0 aliphatic rings. The molecule has 0 saturated carbocycles. The van der Waals surface area contributed by atoms with Gasteiger partial charge >= 0.3 is 0 Å². The van der Waals surface area contributed by atoms with E-state index < -0.39 is 0 Å². The molecule has 2 atom stereocenters. The van der Waals surface area contributed by atoms with Crippen LogP contribution >= 0.6 is 0 Å². The van der Waals surface area contributed by atoms with Gasteiger partial charge in [-0.3, -0.25) is 4.68 Å². The summed E-state index contributed by atoms with van der Waals surface area (Å²) in [5.41, 5.74) is 8.49. The molecule has 1 rings (SSSR count). The van der Waals surface area contributed by atoms with Crippen LogP contribution in [-0.2, 0) is 19.9 Å². The molecule has 86 valence electrons. The van der Waals surface area contributed by atoms with E-state index in [2.05, 4.69) is 31.9 Å². The maximum Gasteiger partial charge on any atom is 0.0624 e. The Morgan fingerprint density at radius 3 is 2.60 bits per heavy atom. The molecule has 0 aliphatic heterocycles.